The highest BCUT2D eigenvalue weighted by molar-refractivity contribution is 5.79. The molecule has 0 aromatic heterocycles. The van der Waals surface area contributed by atoms with Gasteiger partial charge < -0.3 is 9.64 Å². The summed E-state index contributed by atoms with van der Waals surface area (Å²) in [7, 11) is 1.73. The van der Waals surface area contributed by atoms with Gasteiger partial charge >= 0.3 is 0 Å². The fourth-order valence-corrected chi connectivity index (χ4v) is 5.74. The molecule has 2 aromatic carbocycles. The average Bonchev–Trinajstić information content (AvgIpc) is 2.99. The SMILES string of the molecule is COc1cccc2c1CCN(C(=O)C1CC3CCC(C1)N3Cc1ccccc1)C2. The zero-order chi connectivity index (χ0) is 19.8. The first kappa shape index (κ1) is 18.7. The lowest BCUT2D eigenvalue weighted by molar-refractivity contribution is -0.139. The smallest absolute Gasteiger partial charge is 0.226 e. The maximum absolute atomic E-state index is 13.4. The summed E-state index contributed by atoms with van der Waals surface area (Å²) in [5.41, 5.74) is 3.90. The van der Waals surface area contributed by atoms with Crippen molar-refractivity contribution in [2.45, 2.75) is 57.3 Å². The van der Waals surface area contributed by atoms with Gasteiger partial charge in [0.25, 0.3) is 0 Å². The van der Waals surface area contributed by atoms with Crippen LogP contribution in [0.5, 0.6) is 5.75 Å². The van der Waals surface area contributed by atoms with Crippen LogP contribution in [0.15, 0.2) is 48.5 Å². The molecule has 2 fully saturated rings. The quantitative estimate of drug-likeness (QED) is 0.790. The third kappa shape index (κ3) is 3.55. The van der Waals surface area contributed by atoms with E-state index >= 15 is 0 Å². The Labute approximate surface area is 173 Å². The second kappa shape index (κ2) is 7.83. The van der Waals surface area contributed by atoms with E-state index in [4.69, 9.17) is 4.74 Å². The number of nitrogens with zero attached hydrogens (tertiary/aromatic N) is 2. The Hall–Kier alpha value is -2.33. The Balaban J connectivity index is 1.25. The second-order valence-corrected chi connectivity index (χ2v) is 8.82. The number of hydrogen-bond acceptors (Lipinski definition) is 3. The summed E-state index contributed by atoms with van der Waals surface area (Å²) >= 11 is 0. The highest BCUT2D eigenvalue weighted by Gasteiger charge is 2.43. The number of piperidine rings is 1. The van der Waals surface area contributed by atoms with Crippen LogP contribution >= 0.6 is 0 Å². The first-order chi connectivity index (χ1) is 14.2. The molecule has 0 saturated carbocycles. The third-order valence-corrected chi connectivity index (χ3v) is 7.20. The van der Waals surface area contributed by atoms with Crippen molar-refractivity contribution in [3.05, 3.63) is 65.2 Å². The molecule has 4 heteroatoms. The van der Waals surface area contributed by atoms with Gasteiger partial charge in [-0.3, -0.25) is 9.69 Å². The van der Waals surface area contributed by atoms with Crippen molar-refractivity contribution in [1.29, 1.82) is 0 Å². The van der Waals surface area contributed by atoms with Gasteiger partial charge in [-0.1, -0.05) is 42.5 Å². The molecule has 2 bridgehead atoms. The van der Waals surface area contributed by atoms with Gasteiger partial charge in [0, 0.05) is 43.2 Å². The third-order valence-electron chi connectivity index (χ3n) is 7.20. The summed E-state index contributed by atoms with van der Waals surface area (Å²) in [6.45, 7) is 2.56. The number of carbonyl (C=O) groups is 1. The van der Waals surface area contributed by atoms with Crippen LogP contribution in [0.3, 0.4) is 0 Å². The van der Waals surface area contributed by atoms with Crippen molar-refractivity contribution in [2.24, 2.45) is 5.92 Å². The van der Waals surface area contributed by atoms with E-state index in [-0.39, 0.29) is 5.92 Å². The molecule has 2 aromatic rings. The summed E-state index contributed by atoms with van der Waals surface area (Å²) in [4.78, 5) is 18.1. The maximum Gasteiger partial charge on any atom is 0.226 e. The van der Waals surface area contributed by atoms with Gasteiger partial charge in [-0.2, -0.15) is 0 Å². The van der Waals surface area contributed by atoms with Crippen molar-refractivity contribution in [1.82, 2.24) is 9.80 Å². The van der Waals surface area contributed by atoms with Crippen molar-refractivity contribution >= 4 is 5.91 Å². The summed E-state index contributed by atoms with van der Waals surface area (Å²) in [6, 6.07) is 18.1. The molecule has 0 spiro atoms. The number of benzene rings is 2. The van der Waals surface area contributed by atoms with E-state index in [2.05, 4.69) is 46.2 Å². The van der Waals surface area contributed by atoms with Crippen molar-refractivity contribution in [3.63, 3.8) is 0 Å². The van der Waals surface area contributed by atoms with Crippen molar-refractivity contribution in [3.8, 4) is 5.75 Å². The van der Waals surface area contributed by atoms with Crippen LogP contribution in [0.1, 0.15) is 42.4 Å². The lowest BCUT2D eigenvalue weighted by atomic mass is 9.88. The van der Waals surface area contributed by atoms with E-state index < -0.39 is 0 Å². The first-order valence-corrected chi connectivity index (χ1v) is 11.0. The second-order valence-electron chi connectivity index (χ2n) is 8.82. The van der Waals surface area contributed by atoms with Crippen LogP contribution in [-0.4, -0.2) is 41.4 Å². The molecule has 2 saturated heterocycles. The number of fused-ring (bicyclic) bond motifs is 3. The lowest BCUT2D eigenvalue weighted by Gasteiger charge is -2.40. The van der Waals surface area contributed by atoms with Gasteiger partial charge in [0.1, 0.15) is 5.75 Å². The maximum atomic E-state index is 13.4. The fraction of sp³-hybridized carbons (Fsp3) is 0.480. The van der Waals surface area contributed by atoms with Crippen LogP contribution in [0.2, 0.25) is 0 Å². The normalized spacial score (nSPS) is 26.2. The average molecular weight is 391 g/mol. The highest BCUT2D eigenvalue weighted by Crippen LogP contribution is 2.41. The van der Waals surface area contributed by atoms with Gasteiger partial charge in [-0.05, 0) is 49.3 Å². The minimum absolute atomic E-state index is 0.187. The fourth-order valence-electron chi connectivity index (χ4n) is 5.74. The summed E-state index contributed by atoms with van der Waals surface area (Å²) in [5.74, 6) is 1.52. The Morgan fingerprint density at radius 3 is 2.52 bits per heavy atom. The van der Waals surface area contributed by atoms with Crippen LogP contribution in [0.4, 0.5) is 0 Å². The minimum atomic E-state index is 0.187. The Kier molecular flexibility index (Phi) is 5.04. The largest absolute Gasteiger partial charge is 0.496 e. The van der Waals surface area contributed by atoms with Crippen LogP contribution < -0.4 is 4.74 Å². The van der Waals surface area contributed by atoms with Gasteiger partial charge in [-0.15, -0.1) is 0 Å². The molecule has 5 rings (SSSR count). The van der Waals surface area contributed by atoms with Crippen LogP contribution in [0.25, 0.3) is 0 Å². The van der Waals surface area contributed by atoms with Gasteiger partial charge in [0.05, 0.1) is 7.11 Å². The zero-order valence-electron chi connectivity index (χ0n) is 17.2. The number of rotatable bonds is 4. The Morgan fingerprint density at radius 2 is 1.79 bits per heavy atom. The zero-order valence-corrected chi connectivity index (χ0v) is 17.2. The monoisotopic (exact) mass is 390 g/mol. The number of methoxy groups -OCH3 is 1. The van der Waals surface area contributed by atoms with E-state index in [0.29, 0.717) is 18.0 Å². The lowest BCUT2D eigenvalue weighted by Crippen LogP contribution is -2.48. The Morgan fingerprint density at radius 1 is 1.03 bits per heavy atom. The first-order valence-electron chi connectivity index (χ1n) is 11.0. The van der Waals surface area contributed by atoms with Crippen molar-refractivity contribution in [2.75, 3.05) is 13.7 Å². The molecule has 152 valence electrons. The van der Waals surface area contributed by atoms with Crippen LogP contribution in [0, 0.1) is 5.92 Å². The molecule has 4 nitrogen and oxygen atoms in total. The minimum Gasteiger partial charge on any atom is -0.496 e. The van der Waals surface area contributed by atoms with E-state index in [0.717, 1.165) is 44.6 Å². The van der Waals surface area contributed by atoms with Gasteiger partial charge in [-0.25, -0.2) is 0 Å². The molecule has 0 N–H and O–H groups in total. The van der Waals surface area contributed by atoms with Gasteiger partial charge in [0.15, 0.2) is 0 Å². The Bertz CT molecular complexity index is 868. The molecule has 1 amide bonds. The number of hydrogen-bond donors (Lipinski definition) is 0. The number of ether oxygens (including phenoxy) is 1. The van der Waals surface area contributed by atoms with E-state index in [9.17, 15) is 4.79 Å². The molecule has 3 heterocycles. The molecule has 29 heavy (non-hydrogen) atoms. The number of carbonyl (C=O) groups excluding carboxylic acids is 1. The number of amides is 1. The van der Waals surface area contributed by atoms with Crippen molar-refractivity contribution < 1.29 is 9.53 Å². The molecule has 2 atom stereocenters. The molecule has 2 unspecified atom stereocenters. The predicted octanol–water partition coefficient (Wildman–Crippen LogP) is 4.02. The highest BCUT2D eigenvalue weighted by atomic mass is 16.5. The van der Waals surface area contributed by atoms with Crippen LogP contribution in [-0.2, 0) is 24.3 Å². The molecule has 3 aliphatic rings. The summed E-state index contributed by atoms with van der Waals surface area (Å²) < 4.78 is 5.51. The topological polar surface area (TPSA) is 32.8 Å². The van der Waals surface area contributed by atoms with E-state index in [1.807, 2.05) is 12.1 Å². The molecule has 0 radical (unpaired) electrons. The predicted molar refractivity (Wildman–Crippen MR) is 114 cm³/mol. The summed E-state index contributed by atoms with van der Waals surface area (Å²) in [5, 5.41) is 0. The van der Waals surface area contributed by atoms with E-state index in [1.54, 1.807) is 7.11 Å². The molecule has 0 aliphatic carbocycles. The summed E-state index contributed by atoms with van der Waals surface area (Å²) in [6.07, 6.45) is 5.40. The molecular formula is C25H30N2O2. The van der Waals surface area contributed by atoms with E-state index in [1.165, 1.54) is 29.5 Å². The molecule has 3 aliphatic heterocycles. The molecular weight excluding hydrogens is 360 g/mol. The van der Waals surface area contributed by atoms with Gasteiger partial charge in [0.2, 0.25) is 5.91 Å². The standard InChI is InChI=1S/C25H30N2O2/c1-29-24-9-5-8-19-17-26(13-12-23(19)24)25(28)20-14-21-10-11-22(15-20)27(21)16-18-6-3-2-4-7-18/h2-9,20-22H,10-17H2,1H3.